The molecule has 1 aromatic heterocycles. The van der Waals surface area contributed by atoms with Crippen LogP contribution in [0, 0.1) is 4.77 Å². The Morgan fingerprint density at radius 3 is 2.44 bits per heavy atom. The average molecular weight is 382 g/mol. The molecular formula is C20H22N4O2S. The van der Waals surface area contributed by atoms with E-state index in [1.807, 2.05) is 27.6 Å². The van der Waals surface area contributed by atoms with Gasteiger partial charge in [0.15, 0.2) is 11.5 Å². The second-order valence-electron chi connectivity index (χ2n) is 6.53. The SMILES string of the molecule is COc1cc2c(cc1OC)CN(Cn1c(=S)ncn1-c1ccccc1)CC2. The molecule has 0 radical (unpaired) electrons. The first-order chi connectivity index (χ1) is 13.2. The molecule has 1 aliphatic rings. The van der Waals surface area contributed by atoms with E-state index < -0.39 is 0 Å². The van der Waals surface area contributed by atoms with Crippen molar-refractivity contribution in [3.05, 3.63) is 64.7 Å². The van der Waals surface area contributed by atoms with Crippen LogP contribution in [0.4, 0.5) is 0 Å². The number of hydrogen-bond donors (Lipinski definition) is 0. The van der Waals surface area contributed by atoms with Crippen LogP contribution in [0.15, 0.2) is 48.8 Å². The third-order valence-corrected chi connectivity index (χ3v) is 5.23. The molecule has 0 saturated heterocycles. The third-order valence-electron chi connectivity index (χ3n) is 4.91. The van der Waals surface area contributed by atoms with Crippen LogP contribution in [0.2, 0.25) is 0 Å². The van der Waals surface area contributed by atoms with Crippen molar-refractivity contribution in [1.29, 1.82) is 0 Å². The zero-order valence-electron chi connectivity index (χ0n) is 15.5. The number of fused-ring (bicyclic) bond motifs is 1. The lowest BCUT2D eigenvalue weighted by atomic mass is 9.99. The van der Waals surface area contributed by atoms with E-state index in [2.05, 4.69) is 34.1 Å². The number of rotatable bonds is 5. The molecule has 6 nitrogen and oxygen atoms in total. The monoisotopic (exact) mass is 382 g/mol. The first-order valence-electron chi connectivity index (χ1n) is 8.85. The van der Waals surface area contributed by atoms with Crippen molar-refractivity contribution in [3.8, 4) is 17.2 Å². The van der Waals surface area contributed by atoms with Gasteiger partial charge in [-0.1, -0.05) is 18.2 Å². The highest BCUT2D eigenvalue weighted by molar-refractivity contribution is 7.71. The summed E-state index contributed by atoms with van der Waals surface area (Å²) in [4.78, 5) is 6.70. The van der Waals surface area contributed by atoms with Crippen molar-refractivity contribution in [3.63, 3.8) is 0 Å². The summed E-state index contributed by atoms with van der Waals surface area (Å²) in [6.07, 6.45) is 2.74. The summed E-state index contributed by atoms with van der Waals surface area (Å²) >= 11 is 5.46. The Bertz CT molecular complexity index is 997. The Morgan fingerprint density at radius 1 is 1.04 bits per heavy atom. The maximum Gasteiger partial charge on any atom is 0.217 e. The maximum absolute atomic E-state index is 5.46. The Morgan fingerprint density at radius 2 is 1.74 bits per heavy atom. The molecule has 0 saturated carbocycles. The van der Waals surface area contributed by atoms with Crippen LogP contribution in [0.3, 0.4) is 0 Å². The number of ether oxygens (including phenoxy) is 2. The smallest absolute Gasteiger partial charge is 0.217 e. The highest BCUT2D eigenvalue weighted by atomic mass is 32.1. The first-order valence-corrected chi connectivity index (χ1v) is 9.26. The van der Waals surface area contributed by atoms with Gasteiger partial charge in [0, 0.05) is 13.1 Å². The molecule has 2 aromatic carbocycles. The Balaban J connectivity index is 1.60. The molecule has 4 rings (SSSR count). The second-order valence-corrected chi connectivity index (χ2v) is 6.89. The summed E-state index contributed by atoms with van der Waals surface area (Å²) in [5, 5.41) is 0. The van der Waals surface area contributed by atoms with Gasteiger partial charge >= 0.3 is 0 Å². The standard InChI is InChI=1S/C20H22N4O2S/c1-25-18-10-15-8-9-22(12-16(15)11-19(18)26-2)14-24-20(27)21-13-23(24)17-6-4-3-5-7-17/h3-7,10-11,13H,8-9,12,14H2,1-2H3. The van der Waals surface area contributed by atoms with E-state index in [0.29, 0.717) is 11.4 Å². The van der Waals surface area contributed by atoms with Gasteiger partial charge in [0.25, 0.3) is 0 Å². The third kappa shape index (κ3) is 3.48. The fourth-order valence-corrected chi connectivity index (χ4v) is 3.69. The van der Waals surface area contributed by atoms with E-state index in [1.165, 1.54) is 11.1 Å². The van der Waals surface area contributed by atoms with Crippen molar-refractivity contribution in [1.82, 2.24) is 19.2 Å². The summed E-state index contributed by atoms with van der Waals surface area (Å²) < 4.78 is 15.5. The molecule has 2 heterocycles. The average Bonchev–Trinajstić information content (AvgIpc) is 3.07. The minimum Gasteiger partial charge on any atom is -0.493 e. The van der Waals surface area contributed by atoms with Crippen LogP contribution in [0.1, 0.15) is 11.1 Å². The number of nitrogens with zero attached hydrogens (tertiary/aromatic N) is 4. The van der Waals surface area contributed by atoms with Gasteiger partial charge < -0.3 is 9.47 Å². The molecule has 3 aromatic rings. The van der Waals surface area contributed by atoms with E-state index in [0.717, 1.165) is 36.7 Å². The van der Waals surface area contributed by atoms with Gasteiger partial charge in [-0.15, -0.1) is 0 Å². The zero-order valence-corrected chi connectivity index (χ0v) is 16.3. The summed E-state index contributed by atoms with van der Waals surface area (Å²) in [5.74, 6) is 1.55. The van der Waals surface area contributed by atoms with E-state index in [1.54, 1.807) is 20.5 Å². The van der Waals surface area contributed by atoms with Crippen LogP contribution in [-0.2, 0) is 19.6 Å². The van der Waals surface area contributed by atoms with Crippen LogP contribution < -0.4 is 9.47 Å². The Kier molecular flexibility index (Phi) is 4.96. The van der Waals surface area contributed by atoms with Crippen molar-refractivity contribution >= 4 is 12.2 Å². The fourth-order valence-electron chi connectivity index (χ4n) is 3.49. The van der Waals surface area contributed by atoms with Gasteiger partial charge in [-0.3, -0.25) is 4.90 Å². The molecule has 0 amide bonds. The molecule has 0 spiro atoms. The molecule has 27 heavy (non-hydrogen) atoms. The largest absolute Gasteiger partial charge is 0.493 e. The Labute approximate surface area is 163 Å². The first kappa shape index (κ1) is 17.8. The van der Waals surface area contributed by atoms with Gasteiger partial charge in [-0.05, 0) is 54.0 Å². The molecule has 0 unspecified atom stereocenters. The predicted octanol–water partition coefficient (Wildman–Crippen LogP) is 3.44. The van der Waals surface area contributed by atoms with Gasteiger partial charge in [-0.2, -0.15) is 0 Å². The van der Waals surface area contributed by atoms with Gasteiger partial charge in [0.1, 0.15) is 6.33 Å². The van der Waals surface area contributed by atoms with Crippen molar-refractivity contribution in [2.24, 2.45) is 0 Å². The molecule has 7 heteroatoms. The summed E-state index contributed by atoms with van der Waals surface area (Å²) in [6, 6.07) is 14.3. The van der Waals surface area contributed by atoms with Crippen LogP contribution in [-0.4, -0.2) is 40.0 Å². The molecule has 140 valence electrons. The second kappa shape index (κ2) is 7.54. The lowest BCUT2D eigenvalue weighted by Gasteiger charge is -2.30. The summed E-state index contributed by atoms with van der Waals surface area (Å²) in [5.41, 5.74) is 3.62. The minimum absolute atomic E-state index is 0.581. The lowest BCUT2D eigenvalue weighted by Crippen LogP contribution is -2.34. The molecule has 0 fully saturated rings. The fraction of sp³-hybridized carbons (Fsp3) is 0.300. The predicted molar refractivity (Wildman–Crippen MR) is 106 cm³/mol. The number of hydrogen-bond acceptors (Lipinski definition) is 5. The summed E-state index contributed by atoms with van der Waals surface area (Å²) in [6.45, 7) is 2.46. The number of methoxy groups -OCH3 is 2. The van der Waals surface area contributed by atoms with Crippen LogP contribution >= 0.6 is 12.2 Å². The Hall–Kier alpha value is -2.64. The quantitative estimate of drug-likeness (QED) is 0.633. The number of benzene rings is 2. The summed E-state index contributed by atoms with van der Waals surface area (Å²) in [7, 11) is 3.34. The van der Waals surface area contributed by atoms with Crippen molar-refractivity contribution in [2.75, 3.05) is 20.8 Å². The van der Waals surface area contributed by atoms with Crippen LogP contribution in [0.5, 0.6) is 11.5 Å². The molecule has 0 aliphatic carbocycles. The number of para-hydroxylation sites is 1. The molecule has 0 bridgehead atoms. The highest BCUT2D eigenvalue weighted by Gasteiger charge is 2.20. The van der Waals surface area contributed by atoms with Crippen LogP contribution in [0.25, 0.3) is 5.69 Å². The maximum atomic E-state index is 5.46. The van der Waals surface area contributed by atoms with Crippen molar-refractivity contribution < 1.29 is 9.47 Å². The zero-order chi connectivity index (χ0) is 18.8. The van der Waals surface area contributed by atoms with E-state index in [9.17, 15) is 0 Å². The van der Waals surface area contributed by atoms with Gasteiger partial charge in [0.05, 0.1) is 26.6 Å². The van der Waals surface area contributed by atoms with Gasteiger partial charge in [0.2, 0.25) is 4.77 Å². The molecular weight excluding hydrogens is 360 g/mol. The number of aromatic nitrogens is 3. The normalized spacial score (nSPS) is 14.0. The van der Waals surface area contributed by atoms with E-state index in [-0.39, 0.29) is 0 Å². The minimum atomic E-state index is 0.581. The highest BCUT2D eigenvalue weighted by Crippen LogP contribution is 2.33. The van der Waals surface area contributed by atoms with Gasteiger partial charge in [-0.25, -0.2) is 14.3 Å². The van der Waals surface area contributed by atoms with E-state index >= 15 is 0 Å². The molecule has 1 aliphatic heterocycles. The van der Waals surface area contributed by atoms with E-state index in [4.69, 9.17) is 21.7 Å². The molecule has 0 N–H and O–H groups in total. The molecule has 0 atom stereocenters. The topological polar surface area (TPSA) is 44.5 Å². The van der Waals surface area contributed by atoms with Crippen molar-refractivity contribution in [2.45, 2.75) is 19.6 Å². The lowest BCUT2D eigenvalue weighted by molar-refractivity contribution is 0.181.